The number of aromatic nitrogens is 4. The summed E-state index contributed by atoms with van der Waals surface area (Å²) in [6.45, 7) is 4.07. The van der Waals surface area contributed by atoms with E-state index in [9.17, 15) is 8.78 Å². The molecule has 1 aliphatic carbocycles. The van der Waals surface area contributed by atoms with E-state index in [1.165, 1.54) is 4.57 Å². The summed E-state index contributed by atoms with van der Waals surface area (Å²) in [6, 6.07) is 8.90. The molecule has 2 fully saturated rings. The van der Waals surface area contributed by atoms with Gasteiger partial charge in [-0.05, 0) is 56.2 Å². The summed E-state index contributed by atoms with van der Waals surface area (Å²) in [5.74, 6) is 2.34. The number of anilines is 2. The van der Waals surface area contributed by atoms with Crippen molar-refractivity contribution in [3.63, 3.8) is 0 Å². The molecule has 0 amide bonds. The first-order chi connectivity index (χ1) is 16.6. The van der Waals surface area contributed by atoms with E-state index in [-0.39, 0.29) is 5.82 Å². The lowest BCUT2D eigenvalue weighted by Crippen LogP contribution is -2.37. The fraction of sp³-hybridized carbons (Fsp3) is 0.542. The van der Waals surface area contributed by atoms with Crippen LogP contribution in [0, 0.1) is 11.8 Å². The molecule has 1 aliphatic heterocycles. The van der Waals surface area contributed by atoms with Crippen molar-refractivity contribution in [2.24, 2.45) is 17.6 Å². The molecule has 5 rings (SSSR count). The summed E-state index contributed by atoms with van der Waals surface area (Å²) in [4.78, 5) is 15.7. The van der Waals surface area contributed by atoms with Crippen molar-refractivity contribution in [1.29, 1.82) is 0 Å². The Hall–Kier alpha value is -2.85. The molecule has 0 atom stereocenters. The monoisotopic (exact) mass is 471 g/mol. The highest BCUT2D eigenvalue weighted by Crippen LogP contribution is 2.30. The maximum Gasteiger partial charge on any atom is 0.296 e. The van der Waals surface area contributed by atoms with E-state index in [2.05, 4.69) is 20.2 Å². The van der Waals surface area contributed by atoms with Crippen LogP contribution >= 0.6 is 0 Å². The van der Waals surface area contributed by atoms with E-state index in [1.54, 1.807) is 24.3 Å². The van der Waals surface area contributed by atoms with Crippen LogP contribution in [-0.2, 0) is 4.74 Å². The van der Waals surface area contributed by atoms with Gasteiger partial charge in [0, 0.05) is 25.7 Å². The molecule has 0 spiro atoms. The second kappa shape index (κ2) is 10.2. The fourth-order valence-electron chi connectivity index (χ4n) is 4.91. The minimum Gasteiger partial charge on any atom is -0.378 e. The maximum absolute atomic E-state index is 14.0. The Morgan fingerprint density at radius 2 is 1.71 bits per heavy atom. The van der Waals surface area contributed by atoms with Crippen LogP contribution in [0.5, 0.6) is 0 Å². The average Bonchev–Trinajstić information content (AvgIpc) is 3.28. The third-order valence-corrected chi connectivity index (χ3v) is 6.89. The predicted octanol–water partition coefficient (Wildman–Crippen LogP) is 3.77. The first-order valence-corrected chi connectivity index (χ1v) is 12.0. The lowest BCUT2D eigenvalue weighted by Gasteiger charge is -2.29. The molecule has 1 saturated carbocycles. The number of benzene rings is 1. The summed E-state index contributed by atoms with van der Waals surface area (Å²) >= 11 is 0. The molecule has 3 heterocycles. The van der Waals surface area contributed by atoms with Gasteiger partial charge >= 0.3 is 0 Å². The Balaban J connectivity index is 1.49. The zero-order valence-electron chi connectivity index (χ0n) is 19.2. The van der Waals surface area contributed by atoms with Gasteiger partial charge < -0.3 is 20.7 Å². The average molecular weight is 472 g/mol. The third kappa shape index (κ3) is 4.83. The van der Waals surface area contributed by atoms with Crippen LogP contribution < -0.4 is 16.0 Å². The predicted molar refractivity (Wildman–Crippen MR) is 128 cm³/mol. The van der Waals surface area contributed by atoms with E-state index >= 15 is 0 Å². The second-order valence-corrected chi connectivity index (χ2v) is 9.11. The van der Waals surface area contributed by atoms with E-state index in [0.717, 1.165) is 38.8 Å². The van der Waals surface area contributed by atoms with Crippen molar-refractivity contribution >= 4 is 22.8 Å². The van der Waals surface area contributed by atoms with Gasteiger partial charge in [0.1, 0.15) is 11.6 Å². The number of para-hydroxylation sites is 2. The topological polar surface area (TPSA) is 94.1 Å². The molecule has 10 heteroatoms. The number of ether oxygens (including phenoxy) is 1. The SMILES string of the molecule is NCC1CCC(CNc2nc(N3CCOCC3)cc(-n3c(C(F)F)nc4ccccc43)n2)CC1. The summed E-state index contributed by atoms with van der Waals surface area (Å²) in [6.07, 6.45) is 1.78. The molecule has 0 unspecified atom stereocenters. The first-order valence-electron chi connectivity index (χ1n) is 12.0. The standard InChI is InChI=1S/C24H31F2N7O/c25-22(26)23-29-18-3-1-2-4-19(18)33(23)21-13-20(32-9-11-34-12-10-32)30-24(31-21)28-15-17-7-5-16(14-27)6-8-17/h1-4,13,16-17,22H,5-12,14-15,27H2,(H,28,30,31). The number of alkyl halides is 2. The van der Waals surface area contributed by atoms with Gasteiger partial charge in [-0.2, -0.15) is 9.97 Å². The largest absolute Gasteiger partial charge is 0.378 e. The molecule has 2 aliphatic rings. The molecule has 0 radical (unpaired) electrons. The van der Waals surface area contributed by atoms with Gasteiger partial charge in [-0.3, -0.25) is 4.57 Å². The van der Waals surface area contributed by atoms with Crippen molar-refractivity contribution in [3.05, 3.63) is 36.2 Å². The smallest absolute Gasteiger partial charge is 0.296 e. The molecular weight excluding hydrogens is 440 g/mol. The number of hydrogen-bond donors (Lipinski definition) is 2. The van der Waals surface area contributed by atoms with Crippen LogP contribution in [0.25, 0.3) is 16.9 Å². The zero-order chi connectivity index (χ0) is 23.5. The summed E-state index contributed by atoms with van der Waals surface area (Å²) in [5, 5.41) is 3.39. The van der Waals surface area contributed by atoms with Gasteiger partial charge in [-0.25, -0.2) is 13.8 Å². The van der Waals surface area contributed by atoms with Crippen molar-refractivity contribution in [1.82, 2.24) is 19.5 Å². The van der Waals surface area contributed by atoms with Gasteiger partial charge in [0.2, 0.25) is 5.95 Å². The van der Waals surface area contributed by atoms with Crippen LogP contribution in [0.15, 0.2) is 30.3 Å². The molecular formula is C24H31F2N7O. The molecule has 0 bridgehead atoms. The summed E-state index contributed by atoms with van der Waals surface area (Å²) in [5.41, 5.74) is 6.93. The van der Waals surface area contributed by atoms with Crippen LogP contribution in [0.1, 0.15) is 37.9 Å². The number of halogens is 2. The first kappa shape index (κ1) is 22.9. The third-order valence-electron chi connectivity index (χ3n) is 6.89. The number of nitrogens with two attached hydrogens (primary N) is 1. The number of hydrogen-bond acceptors (Lipinski definition) is 7. The molecule has 3 aromatic rings. The Labute approximate surface area is 197 Å². The number of nitrogens with one attached hydrogen (secondary N) is 1. The highest BCUT2D eigenvalue weighted by atomic mass is 19.3. The van der Waals surface area contributed by atoms with Gasteiger partial charge in [0.25, 0.3) is 6.43 Å². The van der Waals surface area contributed by atoms with Crippen LogP contribution in [0.4, 0.5) is 20.5 Å². The minimum atomic E-state index is -2.73. The number of nitrogens with zero attached hydrogens (tertiary/aromatic N) is 5. The fourth-order valence-corrected chi connectivity index (χ4v) is 4.91. The van der Waals surface area contributed by atoms with Crippen molar-refractivity contribution in [3.8, 4) is 5.82 Å². The lowest BCUT2D eigenvalue weighted by molar-refractivity contribution is 0.122. The minimum absolute atomic E-state index is 0.320. The second-order valence-electron chi connectivity index (χ2n) is 9.11. The maximum atomic E-state index is 14.0. The van der Waals surface area contributed by atoms with Crippen LogP contribution in [0.2, 0.25) is 0 Å². The Morgan fingerprint density at radius 1 is 1.00 bits per heavy atom. The Bertz CT molecular complexity index is 1110. The van der Waals surface area contributed by atoms with Crippen LogP contribution in [0.3, 0.4) is 0 Å². The Morgan fingerprint density at radius 3 is 2.44 bits per heavy atom. The van der Waals surface area contributed by atoms with Crippen molar-refractivity contribution < 1.29 is 13.5 Å². The van der Waals surface area contributed by atoms with Crippen molar-refractivity contribution in [2.45, 2.75) is 32.1 Å². The Kier molecular flexibility index (Phi) is 6.87. The van der Waals surface area contributed by atoms with Gasteiger partial charge in [-0.15, -0.1) is 0 Å². The normalized spacial score (nSPS) is 21.4. The molecule has 2 aromatic heterocycles. The summed E-state index contributed by atoms with van der Waals surface area (Å²) < 4.78 is 34.9. The zero-order valence-corrected chi connectivity index (χ0v) is 19.2. The number of morpholine rings is 1. The molecule has 182 valence electrons. The highest BCUT2D eigenvalue weighted by molar-refractivity contribution is 5.78. The van der Waals surface area contributed by atoms with Gasteiger partial charge in [0.05, 0.1) is 24.2 Å². The van der Waals surface area contributed by atoms with E-state index in [1.807, 2.05) is 6.07 Å². The summed E-state index contributed by atoms with van der Waals surface area (Å²) in [7, 11) is 0. The van der Waals surface area contributed by atoms with Crippen LogP contribution in [-0.4, -0.2) is 58.9 Å². The highest BCUT2D eigenvalue weighted by Gasteiger charge is 2.24. The number of rotatable bonds is 7. The number of imidazole rings is 1. The molecule has 1 saturated heterocycles. The van der Waals surface area contributed by atoms with E-state index < -0.39 is 6.43 Å². The molecule has 3 N–H and O–H groups in total. The molecule has 1 aromatic carbocycles. The van der Waals surface area contributed by atoms with Crippen molar-refractivity contribution in [2.75, 3.05) is 49.6 Å². The number of fused-ring (bicyclic) bond motifs is 1. The van der Waals surface area contributed by atoms with Gasteiger partial charge in [-0.1, -0.05) is 12.1 Å². The van der Waals surface area contributed by atoms with E-state index in [0.29, 0.717) is 66.8 Å². The molecule has 34 heavy (non-hydrogen) atoms. The van der Waals surface area contributed by atoms with E-state index in [4.69, 9.17) is 15.5 Å². The van der Waals surface area contributed by atoms with Gasteiger partial charge in [0.15, 0.2) is 5.82 Å². The molecule has 8 nitrogen and oxygen atoms in total. The quantitative estimate of drug-likeness (QED) is 0.542. The lowest BCUT2D eigenvalue weighted by atomic mass is 9.82.